The molecule has 0 amide bonds. The number of halogens is 1. The van der Waals surface area contributed by atoms with E-state index in [9.17, 15) is 9.18 Å². The quantitative estimate of drug-likeness (QED) is 0.578. The van der Waals surface area contributed by atoms with Crippen molar-refractivity contribution >= 4 is 5.78 Å². The van der Waals surface area contributed by atoms with Crippen LogP contribution in [0.4, 0.5) is 4.39 Å². The first-order chi connectivity index (χ1) is 7.54. The molecule has 0 aliphatic carbocycles. The van der Waals surface area contributed by atoms with E-state index in [-0.39, 0.29) is 11.5 Å². The number of ether oxygens (including phenoxy) is 1. The van der Waals surface area contributed by atoms with Gasteiger partial charge in [-0.25, -0.2) is 4.39 Å². The van der Waals surface area contributed by atoms with Gasteiger partial charge in [-0.3, -0.25) is 4.79 Å². The minimum Gasteiger partial charge on any atom is -0.494 e. The lowest BCUT2D eigenvalue weighted by Crippen LogP contribution is -2.03. The van der Waals surface area contributed by atoms with E-state index in [1.54, 1.807) is 25.2 Å². The summed E-state index contributed by atoms with van der Waals surface area (Å²) in [4.78, 5) is 13.3. The fourth-order valence-electron chi connectivity index (χ4n) is 1.13. The van der Waals surface area contributed by atoms with E-state index in [4.69, 9.17) is 4.74 Å². The minimum atomic E-state index is -0.536. The van der Waals surface area contributed by atoms with Crippen LogP contribution in [-0.4, -0.2) is 31.9 Å². The second-order valence-corrected chi connectivity index (χ2v) is 3.49. The number of nitrogens with zero attached hydrogens (tertiary/aromatic N) is 1. The van der Waals surface area contributed by atoms with Gasteiger partial charge in [-0.15, -0.1) is 0 Å². The van der Waals surface area contributed by atoms with Gasteiger partial charge in [0.05, 0.1) is 7.11 Å². The minimum absolute atomic E-state index is 0.133. The van der Waals surface area contributed by atoms with Gasteiger partial charge in [0.1, 0.15) is 0 Å². The summed E-state index contributed by atoms with van der Waals surface area (Å²) in [7, 11) is 4.99. The van der Waals surface area contributed by atoms with Gasteiger partial charge >= 0.3 is 0 Å². The number of benzene rings is 1. The summed E-state index contributed by atoms with van der Waals surface area (Å²) in [5.74, 6) is -0.644. The molecule has 1 aromatic rings. The van der Waals surface area contributed by atoms with Gasteiger partial charge < -0.3 is 9.64 Å². The third kappa shape index (κ3) is 3.08. The Labute approximate surface area is 94.1 Å². The van der Waals surface area contributed by atoms with Crippen molar-refractivity contribution in [1.82, 2.24) is 4.90 Å². The summed E-state index contributed by atoms with van der Waals surface area (Å²) in [6, 6.07) is 4.14. The van der Waals surface area contributed by atoms with E-state index in [2.05, 4.69) is 0 Å². The van der Waals surface area contributed by atoms with Crippen LogP contribution in [0.25, 0.3) is 0 Å². The number of carbonyl (C=O) groups excluding carboxylic acids is 1. The topological polar surface area (TPSA) is 29.5 Å². The van der Waals surface area contributed by atoms with Crippen molar-refractivity contribution in [2.24, 2.45) is 0 Å². The standard InChI is InChI=1S/C12H14FNO2/c1-14(2)7-6-11(15)9-4-5-12(16-3)10(13)8-9/h4-8H,1-3H3/b7-6+. The molecule has 0 atom stereocenters. The van der Waals surface area contributed by atoms with Crippen molar-refractivity contribution in [3.63, 3.8) is 0 Å². The molecular formula is C12H14FNO2. The third-order valence-corrected chi connectivity index (χ3v) is 1.96. The van der Waals surface area contributed by atoms with Crippen molar-refractivity contribution < 1.29 is 13.9 Å². The smallest absolute Gasteiger partial charge is 0.187 e. The molecule has 3 nitrogen and oxygen atoms in total. The fraction of sp³-hybridized carbons (Fsp3) is 0.250. The monoisotopic (exact) mass is 223 g/mol. The normalized spacial score (nSPS) is 10.5. The van der Waals surface area contributed by atoms with Crippen LogP contribution in [0.5, 0.6) is 5.75 Å². The van der Waals surface area contributed by atoms with E-state index in [0.717, 1.165) is 0 Å². The van der Waals surface area contributed by atoms with E-state index < -0.39 is 5.82 Å². The van der Waals surface area contributed by atoms with Gasteiger partial charge in [-0.1, -0.05) is 0 Å². The van der Waals surface area contributed by atoms with E-state index in [1.807, 2.05) is 0 Å². The number of rotatable bonds is 4. The molecule has 16 heavy (non-hydrogen) atoms. The fourth-order valence-corrected chi connectivity index (χ4v) is 1.13. The van der Waals surface area contributed by atoms with Crippen molar-refractivity contribution in [2.45, 2.75) is 0 Å². The van der Waals surface area contributed by atoms with Crippen molar-refractivity contribution in [1.29, 1.82) is 0 Å². The zero-order valence-corrected chi connectivity index (χ0v) is 9.53. The van der Waals surface area contributed by atoms with Crippen molar-refractivity contribution in [2.75, 3.05) is 21.2 Å². The highest BCUT2D eigenvalue weighted by Gasteiger charge is 2.07. The summed E-state index contributed by atoms with van der Waals surface area (Å²) < 4.78 is 18.1. The summed E-state index contributed by atoms with van der Waals surface area (Å²) in [5, 5.41) is 0. The Hall–Kier alpha value is -1.84. The molecule has 0 aliphatic rings. The SMILES string of the molecule is COc1ccc(C(=O)/C=C/N(C)C)cc1F. The number of hydrogen-bond donors (Lipinski definition) is 0. The van der Waals surface area contributed by atoms with Crippen molar-refractivity contribution in [3.8, 4) is 5.75 Å². The Balaban J connectivity index is 2.89. The second kappa shape index (κ2) is 5.30. The van der Waals surface area contributed by atoms with Crippen LogP contribution in [0.1, 0.15) is 10.4 Å². The van der Waals surface area contributed by atoms with Crippen LogP contribution in [0.3, 0.4) is 0 Å². The van der Waals surface area contributed by atoms with Gasteiger partial charge in [0, 0.05) is 31.9 Å². The Kier molecular flexibility index (Phi) is 4.05. The Morgan fingerprint density at radius 1 is 1.44 bits per heavy atom. The molecule has 0 saturated carbocycles. The largest absolute Gasteiger partial charge is 0.494 e. The van der Waals surface area contributed by atoms with Crippen LogP contribution >= 0.6 is 0 Å². The van der Waals surface area contributed by atoms with Gasteiger partial charge in [0.15, 0.2) is 17.3 Å². The Morgan fingerprint density at radius 3 is 2.62 bits per heavy atom. The van der Waals surface area contributed by atoms with Gasteiger partial charge in [0.2, 0.25) is 0 Å². The number of ketones is 1. The van der Waals surface area contributed by atoms with Crippen LogP contribution in [0, 0.1) is 5.82 Å². The number of carbonyl (C=O) groups is 1. The molecule has 0 aliphatic heterocycles. The van der Waals surface area contributed by atoms with Gasteiger partial charge in [-0.05, 0) is 18.2 Å². The Bertz CT molecular complexity index is 413. The highest BCUT2D eigenvalue weighted by atomic mass is 19.1. The highest BCUT2D eigenvalue weighted by Crippen LogP contribution is 2.18. The molecule has 1 aromatic carbocycles. The average Bonchev–Trinajstić information content (AvgIpc) is 2.25. The summed E-state index contributed by atoms with van der Waals surface area (Å²) in [5.41, 5.74) is 0.302. The summed E-state index contributed by atoms with van der Waals surface area (Å²) >= 11 is 0. The molecule has 4 heteroatoms. The lowest BCUT2D eigenvalue weighted by atomic mass is 10.1. The first kappa shape index (κ1) is 12.2. The van der Waals surface area contributed by atoms with Gasteiger partial charge in [0.25, 0.3) is 0 Å². The molecule has 0 saturated heterocycles. The maximum atomic E-state index is 13.3. The van der Waals surface area contributed by atoms with Crippen molar-refractivity contribution in [3.05, 3.63) is 41.9 Å². The molecular weight excluding hydrogens is 209 g/mol. The number of hydrogen-bond acceptors (Lipinski definition) is 3. The van der Waals surface area contributed by atoms with E-state index in [0.29, 0.717) is 5.56 Å². The lowest BCUT2D eigenvalue weighted by molar-refractivity contribution is 0.104. The average molecular weight is 223 g/mol. The van der Waals surface area contributed by atoms with E-state index in [1.165, 1.54) is 31.4 Å². The second-order valence-electron chi connectivity index (χ2n) is 3.49. The van der Waals surface area contributed by atoms with Crippen LogP contribution in [-0.2, 0) is 0 Å². The number of allylic oxidation sites excluding steroid dienone is 1. The molecule has 0 heterocycles. The molecule has 1 rings (SSSR count). The molecule has 0 radical (unpaired) electrons. The van der Waals surface area contributed by atoms with Crippen LogP contribution < -0.4 is 4.74 Å². The molecule has 0 bridgehead atoms. The Morgan fingerprint density at radius 2 is 2.12 bits per heavy atom. The zero-order valence-electron chi connectivity index (χ0n) is 9.53. The maximum absolute atomic E-state index is 13.3. The zero-order chi connectivity index (χ0) is 12.1. The predicted octanol–water partition coefficient (Wildman–Crippen LogP) is 2.09. The maximum Gasteiger partial charge on any atom is 0.187 e. The first-order valence-electron chi connectivity index (χ1n) is 4.77. The molecule has 0 aromatic heterocycles. The van der Waals surface area contributed by atoms with Gasteiger partial charge in [-0.2, -0.15) is 0 Å². The van der Waals surface area contributed by atoms with Crippen LogP contribution in [0.15, 0.2) is 30.5 Å². The molecule has 0 fully saturated rings. The number of methoxy groups -OCH3 is 1. The van der Waals surface area contributed by atoms with E-state index >= 15 is 0 Å². The molecule has 86 valence electrons. The molecule has 0 unspecified atom stereocenters. The first-order valence-corrected chi connectivity index (χ1v) is 4.77. The molecule has 0 spiro atoms. The lowest BCUT2D eigenvalue weighted by Gasteiger charge is -2.04. The summed E-state index contributed by atoms with van der Waals surface area (Å²) in [6.07, 6.45) is 3.01. The third-order valence-electron chi connectivity index (χ3n) is 1.96. The van der Waals surface area contributed by atoms with Crippen LogP contribution in [0.2, 0.25) is 0 Å². The predicted molar refractivity (Wildman–Crippen MR) is 60.1 cm³/mol. The molecule has 0 N–H and O–H groups in total. The summed E-state index contributed by atoms with van der Waals surface area (Å²) in [6.45, 7) is 0. The highest BCUT2D eigenvalue weighted by molar-refractivity contribution is 6.04.